The van der Waals surface area contributed by atoms with Crippen LogP contribution in [0.3, 0.4) is 0 Å². The van der Waals surface area contributed by atoms with Gasteiger partial charge in [0.05, 0.1) is 0 Å². The molecular formula is CH3O2SY2-. The maximum Gasteiger partial charge on any atom is 0 e. The zero-order chi connectivity index (χ0) is 3.58. The van der Waals surface area contributed by atoms with E-state index in [1.807, 2.05) is 0 Å². The molecule has 2 nitrogen and oxygen atoms in total. The summed E-state index contributed by atoms with van der Waals surface area (Å²) in [5.74, 6) is 0. The third-order valence-corrected chi connectivity index (χ3v) is 0. The Kier molecular flexibility index (Phi) is 27.1. The van der Waals surface area contributed by atoms with Gasteiger partial charge in [-0.3, -0.25) is 4.21 Å². The van der Waals surface area contributed by atoms with E-state index in [9.17, 15) is 0 Å². The Morgan fingerprint density at radius 3 is 1.50 bits per heavy atom. The van der Waals surface area contributed by atoms with Gasteiger partial charge in [0.15, 0.2) is 0 Å². The minimum atomic E-state index is -1.86. The molecule has 0 aliphatic heterocycles. The van der Waals surface area contributed by atoms with Gasteiger partial charge in [0.25, 0.3) is 0 Å². The van der Waals surface area contributed by atoms with Crippen molar-refractivity contribution in [3.05, 3.63) is 0 Å². The Labute approximate surface area is 89.9 Å². The first-order valence-corrected chi connectivity index (χ1v) is 2.22. The van der Waals surface area contributed by atoms with Gasteiger partial charge in [-0.05, 0) is 6.26 Å². The fourth-order valence-corrected chi connectivity index (χ4v) is 0. The van der Waals surface area contributed by atoms with Crippen molar-refractivity contribution in [2.75, 3.05) is 6.26 Å². The zero-order valence-electron chi connectivity index (χ0n) is 3.38. The van der Waals surface area contributed by atoms with Crippen molar-refractivity contribution in [2.45, 2.75) is 0 Å². The third kappa shape index (κ3) is 33.3. The molecular weight excluding hydrogens is 254 g/mol. The van der Waals surface area contributed by atoms with Crippen LogP contribution in [0, 0.1) is 0 Å². The SMILES string of the molecule is CS(=O)[O-].[Y].[Y]. The molecule has 5 heteroatoms. The predicted octanol–water partition coefficient (Wildman–Crippen LogP) is -0.510. The molecule has 6 heavy (non-hydrogen) atoms. The maximum atomic E-state index is 9.00. The zero-order valence-corrected chi connectivity index (χ0v) is 9.87. The summed E-state index contributed by atoms with van der Waals surface area (Å²) in [5, 5.41) is 0. The van der Waals surface area contributed by atoms with Crippen LogP contribution in [0.4, 0.5) is 0 Å². The van der Waals surface area contributed by atoms with Crippen LogP contribution in [0.5, 0.6) is 0 Å². The van der Waals surface area contributed by atoms with Crippen LogP contribution in [-0.4, -0.2) is 15.0 Å². The fraction of sp³-hybridized carbons (Fsp3) is 1.00. The van der Waals surface area contributed by atoms with Crippen LogP contribution in [0.2, 0.25) is 0 Å². The maximum absolute atomic E-state index is 9.00. The molecule has 0 fully saturated rings. The first kappa shape index (κ1) is 15.8. The molecule has 0 aromatic carbocycles. The second-order valence-corrected chi connectivity index (χ2v) is 1.20. The summed E-state index contributed by atoms with van der Waals surface area (Å²) >= 11 is -1.86. The summed E-state index contributed by atoms with van der Waals surface area (Å²) in [6.07, 6.45) is 1.08. The molecule has 0 saturated heterocycles. The van der Waals surface area contributed by atoms with E-state index >= 15 is 0 Å². The van der Waals surface area contributed by atoms with Gasteiger partial charge in [0.1, 0.15) is 0 Å². The van der Waals surface area contributed by atoms with Gasteiger partial charge >= 0.3 is 0 Å². The van der Waals surface area contributed by atoms with Crippen LogP contribution in [0.15, 0.2) is 0 Å². The van der Waals surface area contributed by atoms with Gasteiger partial charge in [0.2, 0.25) is 0 Å². The van der Waals surface area contributed by atoms with Crippen molar-refractivity contribution in [3.8, 4) is 0 Å². The van der Waals surface area contributed by atoms with Crippen LogP contribution >= 0.6 is 0 Å². The molecule has 0 saturated carbocycles. The summed E-state index contributed by atoms with van der Waals surface area (Å²) in [6, 6.07) is 0. The van der Waals surface area contributed by atoms with Crippen molar-refractivity contribution in [1.29, 1.82) is 0 Å². The molecule has 0 aliphatic carbocycles. The standard InChI is InChI=1S/CH4O2S.2Y/c1-4(2)3;;/h1H3,(H,2,3);;/p-1. The third-order valence-electron chi connectivity index (χ3n) is 0. The Balaban J connectivity index is -0.0000000450. The molecule has 0 amide bonds. The normalized spacial score (nSPS) is 10.3. The van der Waals surface area contributed by atoms with Gasteiger partial charge in [-0.25, -0.2) is 0 Å². The first-order valence-electron chi connectivity index (χ1n) is 0.742. The van der Waals surface area contributed by atoms with Crippen LogP contribution in [0.25, 0.3) is 0 Å². The number of hydrogen-bond acceptors (Lipinski definition) is 2. The molecule has 0 heterocycles. The van der Waals surface area contributed by atoms with Crippen molar-refractivity contribution >= 4 is 11.1 Å². The largest absolute Gasteiger partial charge is 0.773 e. The molecule has 0 aromatic heterocycles. The van der Waals surface area contributed by atoms with Gasteiger partial charge in [-0.15, -0.1) is 0 Å². The molecule has 0 aromatic rings. The molecule has 0 bridgehead atoms. The molecule has 0 aliphatic rings. The molecule has 1 atom stereocenters. The number of rotatable bonds is 0. The van der Waals surface area contributed by atoms with E-state index < -0.39 is 11.1 Å². The first-order chi connectivity index (χ1) is 1.73. The average Bonchev–Trinajstić information content (AvgIpc) is 0.811. The molecule has 2 radical (unpaired) electrons. The summed E-state index contributed by atoms with van der Waals surface area (Å²) in [5.41, 5.74) is 0. The van der Waals surface area contributed by atoms with Crippen LogP contribution in [0.1, 0.15) is 0 Å². The smallest absolute Gasteiger partial charge is 0 e. The van der Waals surface area contributed by atoms with Crippen molar-refractivity contribution in [2.24, 2.45) is 0 Å². The van der Waals surface area contributed by atoms with E-state index in [4.69, 9.17) is 8.76 Å². The van der Waals surface area contributed by atoms with Gasteiger partial charge in [-0.2, -0.15) is 0 Å². The fourth-order valence-electron chi connectivity index (χ4n) is 0. The molecule has 1 unspecified atom stereocenters. The second kappa shape index (κ2) is 10.3. The quantitative estimate of drug-likeness (QED) is 0.548. The Hall–Kier alpha value is 2.32. The summed E-state index contributed by atoms with van der Waals surface area (Å²) < 4.78 is 18.0. The van der Waals surface area contributed by atoms with E-state index in [-0.39, 0.29) is 65.4 Å². The van der Waals surface area contributed by atoms with Crippen molar-refractivity contribution in [3.63, 3.8) is 0 Å². The van der Waals surface area contributed by atoms with E-state index in [2.05, 4.69) is 0 Å². The van der Waals surface area contributed by atoms with E-state index in [0.717, 1.165) is 6.26 Å². The predicted molar refractivity (Wildman–Crippen MR) is 14.8 cm³/mol. The topological polar surface area (TPSA) is 40.1 Å². The Morgan fingerprint density at radius 2 is 1.50 bits per heavy atom. The minimum absolute atomic E-state index is 0. The van der Waals surface area contributed by atoms with E-state index in [1.54, 1.807) is 0 Å². The Morgan fingerprint density at radius 1 is 1.50 bits per heavy atom. The van der Waals surface area contributed by atoms with Gasteiger partial charge in [0, 0.05) is 65.4 Å². The van der Waals surface area contributed by atoms with Crippen LogP contribution in [-0.2, 0) is 76.5 Å². The Bertz CT molecular complexity index is 34.5. The minimum Gasteiger partial charge on any atom is -0.773 e. The van der Waals surface area contributed by atoms with Crippen molar-refractivity contribution in [1.82, 2.24) is 0 Å². The number of hydrogen-bond donors (Lipinski definition) is 0. The second-order valence-electron chi connectivity index (χ2n) is 0.401. The molecule has 0 rings (SSSR count). The monoisotopic (exact) mass is 257 g/mol. The molecule has 32 valence electrons. The average molecular weight is 257 g/mol. The molecule has 0 spiro atoms. The van der Waals surface area contributed by atoms with Gasteiger partial charge < -0.3 is 4.55 Å². The van der Waals surface area contributed by atoms with E-state index in [0.29, 0.717) is 0 Å². The van der Waals surface area contributed by atoms with Crippen molar-refractivity contribution < 1.29 is 74.2 Å². The molecule has 0 N–H and O–H groups in total. The van der Waals surface area contributed by atoms with E-state index in [1.165, 1.54) is 0 Å². The summed E-state index contributed by atoms with van der Waals surface area (Å²) in [4.78, 5) is 0. The summed E-state index contributed by atoms with van der Waals surface area (Å²) in [7, 11) is 0. The summed E-state index contributed by atoms with van der Waals surface area (Å²) in [6.45, 7) is 0. The van der Waals surface area contributed by atoms with Gasteiger partial charge in [-0.1, -0.05) is 11.1 Å². The van der Waals surface area contributed by atoms with Crippen LogP contribution < -0.4 is 0 Å².